The van der Waals surface area contributed by atoms with Gasteiger partial charge in [-0.1, -0.05) is 30.3 Å². The molecule has 0 bridgehead atoms. The summed E-state index contributed by atoms with van der Waals surface area (Å²) in [5.41, 5.74) is 1.86. The minimum absolute atomic E-state index is 0.103. The number of aromatic nitrogens is 4. The summed E-state index contributed by atoms with van der Waals surface area (Å²) < 4.78 is 18.7. The molecule has 5 rings (SSSR count). The molecule has 1 aliphatic heterocycles. The molecule has 0 unspecified atom stereocenters. The summed E-state index contributed by atoms with van der Waals surface area (Å²) >= 11 is 0. The Morgan fingerprint density at radius 2 is 1.78 bits per heavy atom. The van der Waals surface area contributed by atoms with Crippen LogP contribution in [0.3, 0.4) is 0 Å². The standard InChI is InChI=1S/C26H26FN7O2/c1-32(17-19-6-8-21(27)9-7-19)23-10-11-24(31-30-23)36-18-25(35)33-12-14-34(15-13-33)26-28-16-20-4-2-3-5-22(20)29-26/h2-11,16H,12-15,17-18H2,1H3. The molecule has 2 aromatic heterocycles. The van der Waals surface area contributed by atoms with Crippen molar-refractivity contribution in [2.75, 3.05) is 49.6 Å². The van der Waals surface area contributed by atoms with Crippen LogP contribution in [-0.4, -0.2) is 70.8 Å². The summed E-state index contributed by atoms with van der Waals surface area (Å²) in [6, 6.07) is 17.7. The van der Waals surface area contributed by atoms with Crippen molar-refractivity contribution in [3.8, 4) is 5.88 Å². The van der Waals surface area contributed by atoms with Crippen LogP contribution in [-0.2, 0) is 11.3 Å². The van der Waals surface area contributed by atoms with Crippen LogP contribution >= 0.6 is 0 Å². The number of halogens is 1. The first-order valence-electron chi connectivity index (χ1n) is 11.7. The van der Waals surface area contributed by atoms with Crippen LogP contribution in [0.1, 0.15) is 5.56 Å². The molecule has 184 valence electrons. The molecule has 10 heteroatoms. The third kappa shape index (κ3) is 5.48. The molecule has 36 heavy (non-hydrogen) atoms. The van der Waals surface area contributed by atoms with Crippen molar-refractivity contribution in [3.63, 3.8) is 0 Å². The van der Waals surface area contributed by atoms with Crippen LogP contribution in [0.4, 0.5) is 16.2 Å². The van der Waals surface area contributed by atoms with Gasteiger partial charge in [-0.3, -0.25) is 4.79 Å². The van der Waals surface area contributed by atoms with E-state index in [2.05, 4.69) is 25.1 Å². The van der Waals surface area contributed by atoms with Gasteiger partial charge in [-0.25, -0.2) is 14.4 Å². The van der Waals surface area contributed by atoms with E-state index in [1.165, 1.54) is 12.1 Å². The van der Waals surface area contributed by atoms with Gasteiger partial charge >= 0.3 is 0 Å². The highest BCUT2D eigenvalue weighted by molar-refractivity contribution is 5.79. The number of anilines is 2. The Morgan fingerprint density at radius 1 is 1.00 bits per heavy atom. The van der Waals surface area contributed by atoms with Gasteiger partial charge in [0, 0.05) is 57.4 Å². The van der Waals surface area contributed by atoms with Crippen LogP contribution in [0.2, 0.25) is 0 Å². The fraction of sp³-hybridized carbons (Fsp3) is 0.269. The van der Waals surface area contributed by atoms with E-state index < -0.39 is 0 Å². The predicted molar refractivity (Wildman–Crippen MR) is 134 cm³/mol. The van der Waals surface area contributed by atoms with Gasteiger partial charge in [-0.2, -0.15) is 0 Å². The molecule has 9 nitrogen and oxygen atoms in total. The van der Waals surface area contributed by atoms with Crippen LogP contribution in [0.25, 0.3) is 10.9 Å². The van der Waals surface area contributed by atoms with E-state index in [0.29, 0.717) is 44.5 Å². The Labute approximate surface area is 208 Å². The molecular formula is C26H26FN7O2. The van der Waals surface area contributed by atoms with E-state index in [4.69, 9.17) is 4.74 Å². The van der Waals surface area contributed by atoms with Crippen molar-refractivity contribution in [2.24, 2.45) is 0 Å². The maximum absolute atomic E-state index is 13.1. The number of ether oxygens (including phenoxy) is 1. The third-order valence-electron chi connectivity index (χ3n) is 6.09. The summed E-state index contributed by atoms with van der Waals surface area (Å²) in [6.45, 7) is 2.89. The van der Waals surface area contributed by atoms with Crippen LogP contribution in [0.15, 0.2) is 66.9 Å². The summed E-state index contributed by atoms with van der Waals surface area (Å²) in [7, 11) is 1.88. The largest absolute Gasteiger partial charge is 0.466 e. The Hall–Kier alpha value is -4.34. The number of benzene rings is 2. The van der Waals surface area contributed by atoms with Gasteiger partial charge in [0.15, 0.2) is 12.4 Å². The number of carbonyl (C=O) groups is 1. The average molecular weight is 488 g/mol. The van der Waals surface area contributed by atoms with Crippen molar-refractivity contribution < 1.29 is 13.9 Å². The molecule has 0 saturated carbocycles. The first kappa shape index (κ1) is 23.4. The van der Waals surface area contributed by atoms with Crippen molar-refractivity contribution in [1.29, 1.82) is 0 Å². The highest BCUT2D eigenvalue weighted by atomic mass is 19.1. The summed E-state index contributed by atoms with van der Waals surface area (Å²) in [5, 5.41) is 9.26. The van der Waals surface area contributed by atoms with Gasteiger partial charge in [0.2, 0.25) is 11.8 Å². The smallest absolute Gasteiger partial charge is 0.260 e. The zero-order valence-electron chi connectivity index (χ0n) is 19.9. The normalized spacial score (nSPS) is 13.6. The fourth-order valence-electron chi connectivity index (χ4n) is 4.04. The topological polar surface area (TPSA) is 87.6 Å². The van der Waals surface area contributed by atoms with Gasteiger partial charge in [-0.15, -0.1) is 10.2 Å². The zero-order chi connectivity index (χ0) is 24.9. The van der Waals surface area contributed by atoms with E-state index >= 15 is 0 Å². The molecule has 0 radical (unpaired) electrons. The number of para-hydroxylation sites is 1. The average Bonchev–Trinajstić information content (AvgIpc) is 2.93. The van der Waals surface area contributed by atoms with Gasteiger partial charge < -0.3 is 19.4 Å². The number of rotatable bonds is 7. The van der Waals surface area contributed by atoms with E-state index in [9.17, 15) is 9.18 Å². The number of nitrogens with zero attached hydrogens (tertiary/aromatic N) is 7. The number of amides is 1. The van der Waals surface area contributed by atoms with E-state index in [-0.39, 0.29) is 24.2 Å². The van der Waals surface area contributed by atoms with E-state index in [0.717, 1.165) is 16.5 Å². The lowest BCUT2D eigenvalue weighted by Gasteiger charge is -2.34. The Kier molecular flexibility index (Phi) is 6.83. The Balaban J connectivity index is 1.09. The second-order valence-electron chi connectivity index (χ2n) is 8.60. The molecular weight excluding hydrogens is 461 g/mol. The van der Waals surface area contributed by atoms with Gasteiger partial charge in [0.05, 0.1) is 5.52 Å². The van der Waals surface area contributed by atoms with E-state index in [1.807, 2.05) is 42.4 Å². The summed E-state index contributed by atoms with van der Waals surface area (Å²) in [6.07, 6.45) is 1.83. The van der Waals surface area contributed by atoms with E-state index in [1.54, 1.807) is 29.2 Å². The molecule has 1 saturated heterocycles. The quantitative estimate of drug-likeness (QED) is 0.393. The summed E-state index contributed by atoms with van der Waals surface area (Å²) in [5.74, 6) is 1.23. The molecule has 1 fully saturated rings. The highest BCUT2D eigenvalue weighted by Crippen LogP contribution is 2.17. The lowest BCUT2D eigenvalue weighted by Crippen LogP contribution is -2.50. The van der Waals surface area contributed by atoms with Crippen molar-refractivity contribution >= 4 is 28.6 Å². The first-order chi connectivity index (χ1) is 17.5. The zero-order valence-corrected chi connectivity index (χ0v) is 19.9. The van der Waals surface area contributed by atoms with Crippen molar-refractivity contribution in [1.82, 2.24) is 25.1 Å². The SMILES string of the molecule is CN(Cc1ccc(F)cc1)c1ccc(OCC(=O)N2CCN(c3ncc4ccccc4n3)CC2)nn1. The Morgan fingerprint density at radius 3 is 2.53 bits per heavy atom. The fourth-order valence-corrected chi connectivity index (χ4v) is 4.04. The van der Waals surface area contributed by atoms with Gasteiger partial charge in [-0.05, 0) is 29.8 Å². The number of carbonyl (C=O) groups excluding carboxylic acids is 1. The lowest BCUT2D eigenvalue weighted by molar-refractivity contribution is -0.133. The van der Waals surface area contributed by atoms with Gasteiger partial charge in [0.25, 0.3) is 5.91 Å². The summed E-state index contributed by atoms with van der Waals surface area (Å²) in [4.78, 5) is 27.5. The first-order valence-corrected chi connectivity index (χ1v) is 11.7. The maximum atomic E-state index is 13.1. The molecule has 1 amide bonds. The maximum Gasteiger partial charge on any atom is 0.260 e. The minimum Gasteiger partial charge on any atom is -0.466 e. The molecule has 0 atom stereocenters. The minimum atomic E-state index is -0.266. The Bertz CT molecular complexity index is 1330. The van der Waals surface area contributed by atoms with Crippen molar-refractivity contribution in [3.05, 3.63) is 78.2 Å². The second-order valence-corrected chi connectivity index (χ2v) is 8.60. The molecule has 0 spiro atoms. The number of fused-ring (bicyclic) bond motifs is 1. The molecule has 4 aromatic rings. The van der Waals surface area contributed by atoms with Crippen LogP contribution in [0, 0.1) is 5.82 Å². The molecule has 1 aliphatic rings. The highest BCUT2D eigenvalue weighted by Gasteiger charge is 2.23. The molecule has 2 aromatic carbocycles. The second kappa shape index (κ2) is 10.5. The number of hydrogen-bond donors (Lipinski definition) is 0. The van der Waals surface area contributed by atoms with Crippen molar-refractivity contribution in [2.45, 2.75) is 6.54 Å². The number of piperazine rings is 1. The monoisotopic (exact) mass is 487 g/mol. The predicted octanol–water partition coefficient (Wildman–Crippen LogP) is 2.92. The molecule has 0 aliphatic carbocycles. The van der Waals surface area contributed by atoms with Gasteiger partial charge in [0.1, 0.15) is 5.82 Å². The van der Waals surface area contributed by atoms with Crippen LogP contribution in [0.5, 0.6) is 5.88 Å². The van der Waals surface area contributed by atoms with Crippen LogP contribution < -0.4 is 14.5 Å². The lowest BCUT2D eigenvalue weighted by atomic mass is 10.2. The number of hydrogen-bond acceptors (Lipinski definition) is 8. The third-order valence-corrected chi connectivity index (χ3v) is 6.09. The molecule has 0 N–H and O–H groups in total. The molecule has 3 heterocycles.